The number of thioether (sulfide) groups is 1. The van der Waals surface area contributed by atoms with Crippen molar-refractivity contribution in [1.82, 2.24) is 10.2 Å². The first kappa shape index (κ1) is 18.0. The van der Waals surface area contributed by atoms with Gasteiger partial charge in [-0.1, -0.05) is 41.1 Å². The van der Waals surface area contributed by atoms with Crippen LogP contribution in [0.2, 0.25) is 5.02 Å². The fourth-order valence-electron chi connectivity index (χ4n) is 1.98. The average Bonchev–Trinajstić information content (AvgIpc) is 3.06. The molecule has 0 bridgehead atoms. The molecule has 0 fully saturated rings. The molecule has 3 rings (SSSR count). The Morgan fingerprint density at radius 2 is 2.00 bits per heavy atom. The normalized spacial score (nSPS) is 10.7. The Labute approximate surface area is 162 Å². The van der Waals surface area contributed by atoms with E-state index in [1.807, 2.05) is 31.2 Å². The third-order valence-corrected chi connectivity index (χ3v) is 5.27. The van der Waals surface area contributed by atoms with Crippen molar-refractivity contribution in [3.05, 3.63) is 57.5 Å². The standard InChI is InChI=1S/C17H13BrClN3O2S/c1-10-2-4-11(5-3-10)16-21-22-17(24-16)25-9-15(23)20-12-6-7-14(19)13(18)8-12/h2-8H,9H2,1H3,(H,20,23). The molecule has 25 heavy (non-hydrogen) atoms. The minimum absolute atomic E-state index is 0.162. The molecule has 5 nitrogen and oxygen atoms in total. The number of aryl methyl sites for hydroxylation is 1. The van der Waals surface area contributed by atoms with Gasteiger partial charge in [0.05, 0.1) is 10.8 Å². The summed E-state index contributed by atoms with van der Waals surface area (Å²) in [6, 6.07) is 13.0. The molecule has 0 unspecified atom stereocenters. The maximum absolute atomic E-state index is 12.0. The van der Waals surface area contributed by atoms with Crippen LogP contribution in [-0.4, -0.2) is 21.9 Å². The second-order valence-corrected chi connectivity index (χ2v) is 7.39. The van der Waals surface area contributed by atoms with E-state index >= 15 is 0 Å². The summed E-state index contributed by atoms with van der Waals surface area (Å²) in [6.07, 6.45) is 0. The largest absolute Gasteiger partial charge is 0.411 e. The van der Waals surface area contributed by atoms with Crippen LogP contribution in [0.25, 0.3) is 11.5 Å². The number of nitrogens with one attached hydrogen (secondary N) is 1. The summed E-state index contributed by atoms with van der Waals surface area (Å²) < 4.78 is 6.30. The van der Waals surface area contributed by atoms with Gasteiger partial charge in [0.1, 0.15) is 0 Å². The fraction of sp³-hybridized carbons (Fsp3) is 0.118. The molecule has 128 valence electrons. The molecule has 2 aromatic carbocycles. The van der Waals surface area contributed by atoms with Gasteiger partial charge in [-0.2, -0.15) is 0 Å². The number of anilines is 1. The maximum Gasteiger partial charge on any atom is 0.277 e. The number of carbonyl (C=O) groups excluding carboxylic acids is 1. The number of benzene rings is 2. The van der Waals surface area contributed by atoms with Crippen LogP contribution in [0.3, 0.4) is 0 Å². The van der Waals surface area contributed by atoms with E-state index in [0.29, 0.717) is 21.8 Å². The molecule has 0 aliphatic carbocycles. The minimum Gasteiger partial charge on any atom is -0.411 e. The molecule has 0 saturated carbocycles. The highest BCUT2D eigenvalue weighted by Gasteiger charge is 2.11. The van der Waals surface area contributed by atoms with E-state index in [9.17, 15) is 4.79 Å². The maximum atomic E-state index is 12.0. The highest BCUT2D eigenvalue weighted by atomic mass is 79.9. The van der Waals surface area contributed by atoms with Crippen molar-refractivity contribution in [2.24, 2.45) is 0 Å². The van der Waals surface area contributed by atoms with Crippen LogP contribution >= 0.6 is 39.3 Å². The van der Waals surface area contributed by atoms with Crippen molar-refractivity contribution in [1.29, 1.82) is 0 Å². The second-order valence-electron chi connectivity index (χ2n) is 5.20. The minimum atomic E-state index is -0.172. The third-order valence-electron chi connectivity index (χ3n) is 3.24. The predicted molar refractivity (Wildman–Crippen MR) is 103 cm³/mol. The lowest BCUT2D eigenvalue weighted by Crippen LogP contribution is -2.13. The predicted octanol–water partition coefficient (Wildman–Crippen LogP) is 5.19. The summed E-state index contributed by atoms with van der Waals surface area (Å²) in [7, 11) is 0. The van der Waals surface area contributed by atoms with Gasteiger partial charge in [0.2, 0.25) is 11.8 Å². The van der Waals surface area contributed by atoms with Crippen molar-refractivity contribution >= 4 is 50.9 Å². The molecule has 3 aromatic rings. The summed E-state index contributed by atoms with van der Waals surface area (Å²) in [4.78, 5) is 12.0. The third kappa shape index (κ3) is 4.84. The van der Waals surface area contributed by atoms with Gasteiger partial charge in [0.25, 0.3) is 5.22 Å². The molecule has 0 spiro atoms. The zero-order chi connectivity index (χ0) is 17.8. The van der Waals surface area contributed by atoms with E-state index in [2.05, 4.69) is 31.4 Å². The molecule has 0 atom stereocenters. The summed E-state index contributed by atoms with van der Waals surface area (Å²) in [5, 5.41) is 11.7. The van der Waals surface area contributed by atoms with Crippen LogP contribution in [-0.2, 0) is 4.79 Å². The Morgan fingerprint density at radius 3 is 2.72 bits per heavy atom. The Balaban J connectivity index is 1.57. The van der Waals surface area contributed by atoms with Gasteiger partial charge in [-0.3, -0.25) is 4.79 Å². The molecular weight excluding hydrogens is 426 g/mol. The zero-order valence-corrected chi connectivity index (χ0v) is 16.3. The number of rotatable bonds is 5. The lowest BCUT2D eigenvalue weighted by atomic mass is 10.1. The quantitative estimate of drug-likeness (QED) is 0.555. The van der Waals surface area contributed by atoms with Gasteiger partial charge >= 0.3 is 0 Å². The molecule has 1 N–H and O–H groups in total. The summed E-state index contributed by atoms with van der Waals surface area (Å²) >= 11 is 10.4. The molecule has 1 amide bonds. The Morgan fingerprint density at radius 1 is 1.24 bits per heavy atom. The monoisotopic (exact) mass is 437 g/mol. The van der Waals surface area contributed by atoms with Crippen LogP contribution in [0.1, 0.15) is 5.56 Å². The molecule has 0 aliphatic heterocycles. The van der Waals surface area contributed by atoms with Crippen molar-refractivity contribution in [2.75, 3.05) is 11.1 Å². The highest BCUT2D eigenvalue weighted by molar-refractivity contribution is 9.10. The average molecular weight is 439 g/mol. The SMILES string of the molecule is Cc1ccc(-c2nnc(SCC(=O)Nc3ccc(Cl)c(Br)c3)o2)cc1. The van der Waals surface area contributed by atoms with Crippen LogP contribution < -0.4 is 5.32 Å². The first-order valence-electron chi connectivity index (χ1n) is 7.29. The lowest BCUT2D eigenvalue weighted by Gasteiger charge is -2.05. The van der Waals surface area contributed by atoms with Crippen LogP contribution in [0.15, 0.2) is 56.6 Å². The molecule has 0 aliphatic rings. The van der Waals surface area contributed by atoms with E-state index in [4.69, 9.17) is 16.0 Å². The van der Waals surface area contributed by atoms with Gasteiger partial charge in [-0.25, -0.2) is 0 Å². The summed E-state index contributed by atoms with van der Waals surface area (Å²) in [5.41, 5.74) is 2.66. The number of hydrogen-bond donors (Lipinski definition) is 1. The van der Waals surface area contributed by atoms with Crippen LogP contribution in [0, 0.1) is 6.92 Å². The smallest absolute Gasteiger partial charge is 0.277 e. The Bertz CT molecular complexity index is 899. The number of hydrogen-bond acceptors (Lipinski definition) is 5. The first-order valence-corrected chi connectivity index (χ1v) is 9.45. The van der Waals surface area contributed by atoms with Gasteiger partial charge in [-0.05, 0) is 53.2 Å². The van der Waals surface area contributed by atoms with E-state index in [-0.39, 0.29) is 11.7 Å². The summed E-state index contributed by atoms with van der Waals surface area (Å²) in [5.74, 6) is 0.425. The van der Waals surface area contributed by atoms with E-state index < -0.39 is 0 Å². The highest BCUT2D eigenvalue weighted by Crippen LogP contribution is 2.26. The van der Waals surface area contributed by atoms with Crippen molar-refractivity contribution < 1.29 is 9.21 Å². The number of aromatic nitrogens is 2. The summed E-state index contributed by atoms with van der Waals surface area (Å²) in [6.45, 7) is 2.01. The molecular formula is C17H13BrClN3O2S. The van der Waals surface area contributed by atoms with E-state index in [1.54, 1.807) is 18.2 Å². The van der Waals surface area contributed by atoms with Gasteiger partial charge < -0.3 is 9.73 Å². The van der Waals surface area contributed by atoms with Crippen molar-refractivity contribution in [3.63, 3.8) is 0 Å². The lowest BCUT2D eigenvalue weighted by molar-refractivity contribution is -0.113. The molecule has 0 saturated heterocycles. The second kappa shape index (κ2) is 8.03. The van der Waals surface area contributed by atoms with E-state index in [0.717, 1.165) is 15.6 Å². The molecule has 1 aromatic heterocycles. The van der Waals surface area contributed by atoms with E-state index in [1.165, 1.54) is 11.8 Å². The number of amides is 1. The van der Waals surface area contributed by atoms with Gasteiger partial charge in [-0.15, -0.1) is 10.2 Å². The van der Waals surface area contributed by atoms with Crippen LogP contribution in [0.5, 0.6) is 0 Å². The van der Waals surface area contributed by atoms with Crippen molar-refractivity contribution in [3.8, 4) is 11.5 Å². The molecule has 8 heteroatoms. The van der Waals surface area contributed by atoms with Gasteiger partial charge in [0, 0.05) is 15.7 Å². The van der Waals surface area contributed by atoms with Crippen molar-refractivity contribution in [2.45, 2.75) is 12.1 Å². The van der Waals surface area contributed by atoms with Crippen LogP contribution in [0.4, 0.5) is 5.69 Å². The fourth-order valence-corrected chi connectivity index (χ4v) is 3.04. The molecule has 0 radical (unpaired) electrons. The topological polar surface area (TPSA) is 68.0 Å². The number of carbonyl (C=O) groups is 1. The van der Waals surface area contributed by atoms with Gasteiger partial charge in [0.15, 0.2) is 0 Å². The Hall–Kier alpha value is -1.83. The zero-order valence-electron chi connectivity index (χ0n) is 13.1. The Kier molecular flexibility index (Phi) is 5.78. The number of halogens is 2. The first-order chi connectivity index (χ1) is 12.0. The number of nitrogens with zero attached hydrogens (tertiary/aromatic N) is 2. The molecule has 1 heterocycles.